The predicted molar refractivity (Wildman–Crippen MR) is 214 cm³/mol. The van der Waals surface area contributed by atoms with Crippen LogP contribution in [0.1, 0.15) is 152 Å². The second kappa shape index (κ2) is 28.3. The van der Waals surface area contributed by atoms with Gasteiger partial charge in [-0.25, -0.2) is 14.5 Å². The second-order valence-corrected chi connectivity index (χ2v) is 14.3. The predicted octanol–water partition coefficient (Wildman–Crippen LogP) is 8.93. The molecule has 2 unspecified atom stereocenters. The van der Waals surface area contributed by atoms with E-state index in [1.54, 1.807) is 48.6 Å². The molecule has 0 saturated carbocycles. The number of anilines is 1. The van der Waals surface area contributed by atoms with Crippen LogP contribution in [0.2, 0.25) is 0 Å². The third-order valence-corrected chi connectivity index (χ3v) is 7.81. The van der Waals surface area contributed by atoms with Crippen molar-refractivity contribution in [2.45, 2.75) is 170 Å². The van der Waals surface area contributed by atoms with E-state index in [-0.39, 0.29) is 12.5 Å². The highest BCUT2D eigenvalue weighted by atomic mass is 16.6. The number of unbranched alkanes of at least 4 members (excludes halogenated alkanes) is 3. The molecular formula is C41H76N4O7. The van der Waals surface area contributed by atoms with E-state index in [9.17, 15) is 24.3 Å². The maximum Gasteiger partial charge on any atom is 0.419 e. The van der Waals surface area contributed by atoms with E-state index in [1.165, 1.54) is 5.56 Å². The van der Waals surface area contributed by atoms with Crippen LogP contribution in [-0.4, -0.2) is 95.9 Å². The van der Waals surface area contributed by atoms with Gasteiger partial charge >= 0.3 is 12.2 Å². The highest BCUT2D eigenvalue weighted by Crippen LogP contribution is 2.29. The maximum atomic E-state index is 12.6. The Hall–Kier alpha value is -3.18. The molecule has 0 radical (unpaired) electrons. The van der Waals surface area contributed by atoms with E-state index in [1.807, 2.05) is 53.7 Å². The Balaban J connectivity index is 0. The van der Waals surface area contributed by atoms with Crippen LogP contribution >= 0.6 is 0 Å². The van der Waals surface area contributed by atoms with Crippen LogP contribution in [0.3, 0.4) is 0 Å². The molecule has 3 N–H and O–H groups in total. The fraction of sp³-hybridized carbons (Fsp3) is 0.756. The zero-order chi connectivity index (χ0) is 40.3. The lowest BCUT2D eigenvalue weighted by Gasteiger charge is -2.33. The quantitative estimate of drug-likeness (QED) is 0.112. The summed E-state index contributed by atoms with van der Waals surface area (Å²) in [7, 11) is 1.59. The number of hydrogen-bond acceptors (Lipinski definition) is 9. The van der Waals surface area contributed by atoms with Gasteiger partial charge < -0.3 is 34.9 Å². The van der Waals surface area contributed by atoms with Gasteiger partial charge in [0.25, 0.3) is 0 Å². The molecule has 1 aliphatic heterocycles. The minimum Gasteiger partial charge on any atom is -0.443 e. The highest BCUT2D eigenvalue weighted by Gasteiger charge is 2.30. The summed E-state index contributed by atoms with van der Waals surface area (Å²) in [6.45, 7) is 25.3. The molecule has 52 heavy (non-hydrogen) atoms. The van der Waals surface area contributed by atoms with Crippen LogP contribution in [0.15, 0.2) is 24.3 Å². The van der Waals surface area contributed by atoms with Crippen molar-refractivity contribution in [2.24, 2.45) is 0 Å². The third kappa shape index (κ3) is 23.4. The molecule has 11 nitrogen and oxygen atoms in total. The van der Waals surface area contributed by atoms with Crippen LogP contribution in [0, 0.1) is 0 Å². The fourth-order valence-electron chi connectivity index (χ4n) is 5.38. The standard InChI is InChI=1S/C35H58N4O7.3C2H6/c1-34(2,3)45-32(43)39(33(44)46-35(4,5)6)21-11-9-8-10-12-30(41)24-38-22-19-27(20-23-38)26-13-15-28(16-14-26)37-29(25-40)17-18-31(42)36-7;3*1-2/h13-16,25,27,29-30,37,41H,8-12,17-24H2,1-7H3,(H,36,42);3*1-2H3. The van der Waals surface area contributed by atoms with Crippen molar-refractivity contribution < 1.29 is 33.8 Å². The summed E-state index contributed by atoms with van der Waals surface area (Å²) in [5, 5.41) is 16.4. The van der Waals surface area contributed by atoms with Crippen molar-refractivity contribution in [1.29, 1.82) is 0 Å². The number of amides is 3. The van der Waals surface area contributed by atoms with E-state index >= 15 is 0 Å². The Morgan fingerprint density at radius 1 is 0.846 bits per heavy atom. The first kappa shape index (κ1) is 50.9. The van der Waals surface area contributed by atoms with Gasteiger partial charge in [-0.3, -0.25) is 4.79 Å². The number of imide groups is 1. The van der Waals surface area contributed by atoms with Crippen molar-refractivity contribution in [1.82, 2.24) is 15.1 Å². The molecule has 0 aliphatic carbocycles. The zero-order valence-corrected chi connectivity index (χ0v) is 35.1. The molecule has 0 aromatic heterocycles. The molecule has 1 fully saturated rings. The number of likely N-dealkylation sites (tertiary alicyclic amines) is 1. The Morgan fingerprint density at radius 3 is 1.81 bits per heavy atom. The number of rotatable bonds is 16. The van der Waals surface area contributed by atoms with Gasteiger partial charge in [-0.05, 0) is 110 Å². The Kier molecular flexibility index (Phi) is 27.8. The van der Waals surface area contributed by atoms with Crippen LogP contribution < -0.4 is 10.6 Å². The van der Waals surface area contributed by atoms with E-state index in [0.717, 1.165) is 62.1 Å². The number of carbonyl (C=O) groups excluding carboxylic acids is 4. The number of aliphatic hydroxyl groups is 1. The number of hydrogen-bond donors (Lipinski definition) is 3. The summed E-state index contributed by atoms with van der Waals surface area (Å²) in [5.41, 5.74) is 0.703. The lowest BCUT2D eigenvalue weighted by molar-refractivity contribution is -0.120. The number of β-amino-alcohol motifs (C(OH)–C–C–N with tert-alkyl or cyclic N) is 1. The number of aliphatic hydroxyl groups excluding tert-OH is 1. The smallest absolute Gasteiger partial charge is 0.419 e. The monoisotopic (exact) mass is 737 g/mol. The molecule has 2 rings (SSSR count). The van der Waals surface area contributed by atoms with E-state index in [2.05, 4.69) is 27.7 Å². The second-order valence-electron chi connectivity index (χ2n) is 14.3. The lowest BCUT2D eigenvalue weighted by atomic mass is 9.89. The molecule has 2 atom stereocenters. The number of ether oxygens (including phenoxy) is 2. The molecule has 1 heterocycles. The average molecular weight is 737 g/mol. The minimum absolute atomic E-state index is 0.0822. The number of aldehydes is 1. The number of nitrogens with one attached hydrogen (secondary N) is 2. The van der Waals surface area contributed by atoms with Crippen LogP contribution in [0.5, 0.6) is 0 Å². The molecule has 0 bridgehead atoms. The van der Waals surface area contributed by atoms with Gasteiger partial charge in [0.05, 0.1) is 12.1 Å². The first-order valence-electron chi connectivity index (χ1n) is 19.8. The number of carbonyl (C=O) groups is 4. The summed E-state index contributed by atoms with van der Waals surface area (Å²) < 4.78 is 10.8. The largest absolute Gasteiger partial charge is 0.443 e. The summed E-state index contributed by atoms with van der Waals surface area (Å²) in [6.07, 6.45) is 5.76. The number of piperidine rings is 1. The SMILES string of the molecule is CC.CC.CC.CNC(=O)CCC(C=O)Nc1ccc(C2CCN(CC(O)CCCCCCN(C(=O)OC(C)(C)C)C(=O)OC(C)(C)C)CC2)cc1. The summed E-state index contributed by atoms with van der Waals surface area (Å²) in [6, 6.07) is 7.80. The van der Waals surface area contributed by atoms with E-state index in [0.29, 0.717) is 38.1 Å². The van der Waals surface area contributed by atoms with Gasteiger partial charge in [-0.2, -0.15) is 0 Å². The topological polar surface area (TPSA) is 138 Å². The Morgan fingerprint density at radius 2 is 1.35 bits per heavy atom. The van der Waals surface area contributed by atoms with Crippen LogP contribution in [0.4, 0.5) is 15.3 Å². The molecule has 1 aliphatic rings. The first-order chi connectivity index (χ1) is 24.6. The maximum absolute atomic E-state index is 12.6. The Labute approximate surface area is 317 Å². The van der Waals surface area contributed by atoms with Crippen molar-refractivity contribution >= 4 is 30.1 Å². The molecule has 1 aromatic carbocycles. The number of benzene rings is 1. The van der Waals surface area contributed by atoms with Crippen molar-refractivity contribution in [2.75, 3.05) is 38.5 Å². The molecule has 302 valence electrons. The number of nitrogens with zero attached hydrogens (tertiary/aromatic N) is 2. The van der Waals surface area contributed by atoms with Crippen LogP contribution in [0.25, 0.3) is 0 Å². The van der Waals surface area contributed by atoms with Gasteiger partial charge in [0, 0.05) is 32.2 Å². The molecular weight excluding hydrogens is 660 g/mol. The van der Waals surface area contributed by atoms with Gasteiger partial charge in [-0.15, -0.1) is 0 Å². The van der Waals surface area contributed by atoms with Gasteiger partial charge in [0.1, 0.15) is 17.5 Å². The molecule has 11 heteroatoms. The normalized spacial score (nSPS) is 14.3. The lowest BCUT2D eigenvalue weighted by Crippen LogP contribution is -2.44. The van der Waals surface area contributed by atoms with E-state index in [4.69, 9.17) is 9.47 Å². The van der Waals surface area contributed by atoms with Crippen molar-refractivity contribution in [3.63, 3.8) is 0 Å². The van der Waals surface area contributed by atoms with Gasteiger partial charge in [0.15, 0.2) is 0 Å². The Bertz CT molecular complexity index is 1060. The summed E-state index contributed by atoms with van der Waals surface area (Å²) in [5.74, 6) is 0.375. The first-order valence-corrected chi connectivity index (χ1v) is 19.8. The van der Waals surface area contributed by atoms with Crippen LogP contribution in [-0.2, 0) is 19.1 Å². The third-order valence-electron chi connectivity index (χ3n) is 7.81. The molecule has 0 spiro atoms. The summed E-state index contributed by atoms with van der Waals surface area (Å²) in [4.78, 5) is 51.5. The fourth-order valence-corrected chi connectivity index (χ4v) is 5.38. The van der Waals surface area contributed by atoms with Crippen molar-refractivity contribution in [3.05, 3.63) is 29.8 Å². The average Bonchev–Trinajstić information content (AvgIpc) is 3.11. The van der Waals surface area contributed by atoms with Gasteiger partial charge in [0.2, 0.25) is 5.91 Å². The minimum atomic E-state index is -0.717. The summed E-state index contributed by atoms with van der Waals surface area (Å²) >= 11 is 0. The molecule has 1 aromatic rings. The molecule has 1 saturated heterocycles. The zero-order valence-electron chi connectivity index (χ0n) is 35.1. The van der Waals surface area contributed by atoms with Crippen molar-refractivity contribution in [3.8, 4) is 0 Å². The van der Waals surface area contributed by atoms with Gasteiger partial charge in [-0.1, -0.05) is 72.9 Å². The van der Waals surface area contributed by atoms with E-state index < -0.39 is 35.5 Å². The molecule has 3 amide bonds. The highest BCUT2D eigenvalue weighted by molar-refractivity contribution is 5.88.